The molecule has 0 saturated carbocycles. The third-order valence-electron chi connectivity index (χ3n) is 5.78. The first kappa shape index (κ1) is 24.5. The molecule has 35 heavy (non-hydrogen) atoms. The number of nitrogens with zero attached hydrogens (tertiary/aromatic N) is 2. The van der Waals surface area contributed by atoms with Gasteiger partial charge in [0, 0.05) is 24.1 Å². The van der Waals surface area contributed by atoms with E-state index in [2.05, 4.69) is 4.98 Å². The lowest BCUT2D eigenvalue weighted by Crippen LogP contribution is -2.48. The van der Waals surface area contributed by atoms with Crippen molar-refractivity contribution in [3.63, 3.8) is 0 Å². The third-order valence-corrected chi connectivity index (χ3v) is 5.78. The number of aryl methyl sites for hydroxylation is 1. The standard InChI is InChI=1S/C26H26F2N2O5/c1-3-23(31)18-11-20(27)25(21(28)12-18)34-15-19-14-30(9-10-33-19)24(32)13-22-16(2)35-26(29-22)17-7-5-4-6-8-17/h4-8,11-12,19H,3,9-10,13-15H2,1-2H3. The second kappa shape index (κ2) is 10.8. The van der Waals surface area contributed by atoms with Crippen LogP contribution in [0.15, 0.2) is 46.9 Å². The zero-order valence-electron chi connectivity index (χ0n) is 19.6. The number of benzene rings is 2. The zero-order chi connectivity index (χ0) is 24.9. The summed E-state index contributed by atoms with van der Waals surface area (Å²) in [6.45, 7) is 4.08. The average Bonchev–Trinajstić information content (AvgIpc) is 3.23. The summed E-state index contributed by atoms with van der Waals surface area (Å²) in [7, 11) is 0. The number of carbonyl (C=O) groups is 2. The van der Waals surface area contributed by atoms with Crippen LogP contribution in [0.25, 0.3) is 11.5 Å². The number of rotatable bonds is 8. The number of hydrogen-bond donors (Lipinski definition) is 0. The van der Waals surface area contributed by atoms with Gasteiger partial charge in [0.15, 0.2) is 23.2 Å². The Bertz CT molecular complexity index is 1190. The summed E-state index contributed by atoms with van der Waals surface area (Å²) in [6, 6.07) is 11.3. The fourth-order valence-corrected chi connectivity index (χ4v) is 3.84. The molecule has 1 atom stereocenters. The molecule has 0 radical (unpaired) electrons. The van der Waals surface area contributed by atoms with Gasteiger partial charge in [-0.1, -0.05) is 25.1 Å². The number of amides is 1. The number of ketones is 1. The molecule has 0 N–H and O–H groups in total. The van der Waals surface area contributed by atoms with Gasteiger partial charge in [-0.15, -0.1) is 0 Å². The van der Waals surface area contributed by atoms with Crippen LogP contribution in [0.5, 0.6) is 5.75 Å². The van der Waals surface area contributed by atoms with Gasteiger partial charge in [0.2, 0.25) is 11.8 Å². The van der Waals surface area contributed by atoms with Crippen molar-refractivity contribution in [2.24, 2.45) is 0 Å². The van der Waals surface area contributed by atoms with Crippen molar-refractivity contribution >= 4 is 11.7 Å². The average molecular weight is 484 g/mol. The van der Waals surface area contributed by atoms with Crippen molar-refractivity contribution in [1.29, 1.82) is 0 Å². The van der Waals surface area contributed by atoms with Gasteiger partial charge in [-0.3, -0.25) is 9.59 Å². The van der Waals surface area contributed by atoms with Crippen LogP contribution in [-0.2, 0) is 16.0 Å². The molecule has 1 aliphatic rings. The summed E-state index contributed by atoms with van der Waals surface area (Å²) < 4.78 is 45.4. The molecule has 4 rings (SSSR count). The van der Waals surface area contributed by atoms with Crippen LogP contribution < -0.4 is 4.74 Å². The van der Waals surface area contributed by atoms with Crippen molar-refractivity contribution in [2.45, 2.75) is 32.8 Å². The molecule has 1 aliphatic heterocycles. The molecule has 2 heterocycles. The minimum absolute atomic E-state index is 0.0425. The molecular formula is C26H26F2N2O5. The van der Waals surface area contributed by atoms with Crippen molar-refractivity contribution in [3.05, 3.63) is 71.1 Å². The van der Waals surface area contributed by atoms with Crippen molar-refractivity contribution in [3.8, 4) is 17.2 Å². The Kier molecular flexibility index (Phi) is 7.55. The highest BCUT2D eigenvalue weighted by atomic mass is 19.1. The number of Topliss-reactive ketones (excluding diaryl/α,β-unsaturated/α-hetero) is 1. The number of morpholine rings is 1. The Labute approximate surface area is 201 Å². The van der Waals surface area contributed by atoms with E-state index in [0.29, 0.717) is 23.9 Å². The second-order valence-corrected chi connectivity index (χ2v) is 8.25. The molecule has 1 amide bonds. The quantitative estimate of drug-likeness (QED) is 0.442. The highest BCUT2D eigenvalue weighted by Gasteiger charge is 2.27. The summed E-state index contributed by atoms with van der Waals surface area (Å²) in [5, 5.41) is 0. The minimum atomic E-state index is -0.957. The Morgan fingerprint density at radius 3 is 2.57 bits per heavy atom. The van der Waals surface area contributed by atoms with E-state index in [-0.39, 0.29) is 49.9 Å². The molecule has 0 aliphatic carbocycles. The number of hydrogen-bond acceptors (Lipinski definition) is 6. The number of carbonyl (C=O) groups excluding carboxylic acids is 2. The summed E-state index contributed by atoms with van der Waals surface area (Å²) in [4.78, 5) is 30.7. The summed E-state index contributed by atoms with van der Waals surface area (Å²) in [6.07, 6.45) is -0.367. The van der Waals surface area contributed by atoms with Gasteiger partial charge in [-0.05, 0) is 31.2 Å². The maximum Gasteiger partial charge on any atom is 0.228 e. The maximum absolute atomic E-state index is 14.3. The highest BCUT2D eigenvalue weighted by Crippen LogP contribution is 2.25. The molecule has 1 fully saturated rings. The van der Waals surface area contributed by atoms with Crippen LogP contribution in [0.2, 0.25) is 0 Å². The van der Waals surface area contributed by atoms with Gasteiger partial charge in [0.1, 0.15) is 18.5 Å². The lowest BCUT2D eigenvalue weighted by atomic mass is 10.1. The minimum Gasteiger partial charge on any atom is -0.485 e. The van der Waals surface area contributed by atoms with Gasteiger partial charge in [0.05, 0.1) is 25.3 Å². The normalized spacial score (nSPS) is 15.8. The first-order valence-electron chi connectivity index (χ1n) is 11.4. The van der Waals surface area contributed by atoms with Crippen LogP contribution in [0.3, 0.4) is 0 Å². The monoisotopic (exact) mass is 484 g/mol. The Hall–Kier alpha value is -3.59. The van der Waals surface area contributed by atoms with E-state index in [1.54, 1.807) is 18.7 Å². The molecule has 1 aromatic heterocycles. The van der Waals surface area contributed by atoms with E-state index in [1.165, 1.54) is 0 Å². The van der Waals surface area contributed by atoms with Crippen LogP contribution in [0.1, 0.15) is 35.2 Å². The van der Waals surface area contributed by atoms with Gasteiger partial charge in [0.25, 0.3) is 0 Å². The van der Waals surface area contributed by atoms with Gasteiger partial charge < -0.3 is 18.8 Å². The molecule has 1 saturated heterocycles. The molecule has 7 nitrogen and oxygen atoms in total. The Morgan fingerprint density at radius 2 is 1.89 bits per heavy atom. The maximum atomic E-state index is 14.3. The van der Waals surface area contributed by atoms with Crippen LogP contribution in [-0.4, -0.2) is 54.0 Å². The van der Waals surface area contributed by atoms with E-state index in [9.17, 15) is 18.4 Å². The van der Waals surface area contributed by atoms with Crippen LogP contribution >= 0.6 is 0 Å². The van der Waals surface area contributed by atoms with Crippen LogP contribution in [0, 0.1) is 18.6 Å². The first-order chi connectivity index (χ1) is 16.9. The third kappa shape index (κ3) is 5.74. The fourth-order valence-electron chi connectivity index (χ4n) is 3.84. The van der Waals surface area contributed by atoms with Gasteiger partial charge in [-0.2, -0.15) is 0 Å². The second-order valence-electron chi connectivity index (χ2n) is 8.25. The first-order valence-corrected chi connectivity index (χ1v) is 11.4. The lowest BCUT2D eigenvalue weighted by Gasteiger charge is -2.32. The number of halogens is 2. The molecule has 2 aromatic carbocycles. The van der Waals surface area contributed by atoms with E-state index in [0.717, 1.165) is 17.7 Å². The Balaban J connectivity index is 1.36. The van der Waals surface area contributed by atoms with Gasteiger partial charge in [-0.25, -0.2) is 13.8 Å². The zero-order valence-corrected chi connectivity index (χ0v) is 19.6. The molecular weight excluding hydrogens is 458 g/mol. The van der Waals surface area contributed by atoms with Crippen LogP contribution in [0.4, 0.5) is 8.78 Å². The smallest absolute Gasteiger partial charge is 0.228 e. The van der Waals surface area contributed by atoms with E-state index < -0.39 is 23.5 Å². The summed E-state index contributed by atoms with van der Waals surface area (Å²) >= 11 is 0. The number of ether oxygens (including phenoxy) is 2. The number of aromatic nitrogens is 1. The van der Waals surface area contributed by atoms with Gasteiger partial charge >= 0.3 is 0 Å². The summed E-state index contributed by atoms with van der Waals surface area (Å²) in [5.41, 5.74) is 1.34. The molecule has 9 heteroatoms. The SMILES string of the molecule is CCC(=O)c1cc(F)c(OCC2CN(C(=O)Cc3nc(-c4ccccc4)oc3C)CCO2)c(F)c1. The van der Waals surface area contributed by atoms with E-state index >= 15 is 0 Å². The fraction of sp³-hybridized carbons (Fsp3) is 0.346. The molecule has 3 aromatic rings. The molecule has 1 unspecified atom stereocenters. The predicted molar refractivity (Wildman–Crippen MR) is 123 cm³/mol. The number of oxazole rings is 1. The van der Waals surface area contributed by atoms with E-state index in [4.69, 9.17) is 13.9 Å². The topological polar surface area (TPSA) is 81.9 Å². The summed E-state index contributed by atoms with van der Waals surface area (Å²) in [5.74, 6) is -1.98. The van der Waals surface area contributed by atoms with Crippen molar-refractivity contribution in [1.82, 2.24) is 9.88 Å². The lowest BCUT2D eigenvalue weighted by molar-refractivity contribution is -0.139. The van der Waals surface area contributed by atoms with Crippen molar-refractivity contribution in [2.75, 3.05) is 26.3 Å². The highest BCUT2D eigenvalue weighted by molar-refractivity contribution is 5.96. The largest absolute Gasteiger partial charge is 0.485 e. The molecule has 184 valence electrons. The predicted octanol–water partition coefficient (Wildman–Crippen LogP) is 4.37. The molecule has 0 spiro atoms. The Morgan fingerprint density at radius 1 is 1.17 bits per heavy atom. The molecule has 0 bridgehead atoms. The van der Waals surface area contributed by atoms with E-state index in [1.807, 2.05) is 30.3 Å². The van der Waals surface area contributed by atoms with Crippen molar-refractivity contribution < 1.29 is 32.3 Å².